The van der Waals surface area contributed by atoms with Crippen molar-refractivity contribution in [2.45, 2.75) is 9.96 Å². The van der Waals surface area contributed by atoms with Crippen molar-refractivity contribution in [2.24, 2.45) is 0 Å². The number of rotatable bonds is 4. The number of methoxy groups -OCH3 is 1. The molecule has 118 valence electrons. The fraction of sp³-hybridized carbons (Fsp3) is 0.118. The van der Waals surface area contributed by atoms with Gasteiger partial charge < -0.3 is 4.74 Å². The van der Waals surface area contributed by atoms with Crippen LogP contribution in [0.2, 0.25) is 0 Å². The van der Waals surface area contributed by atoms with Gasteiger partial charge in [-0.25, -0.2) is 13.2 Å². The molecular formula is C17H14O4S2. The molecular weight excluding hydrogens is 332 g/mol. The summed E-state index contributed by atoms with van der Waals surface area (Å²) in [5.74, 6) is -0.477. The van der Waals surface area contributed by atoms with E-state index in [1.807, 2.05) is 12.1 Å². The first-order valence-electron chi connectivity index (χ1n) is 6.87. The molecule has 1 aromatic heterocycles. The first kappa shape index (κ1) is 15.7. The number of thiophene rings is 1. The lowest BCUT2D eigenvalue weighted by Crippen LogP contribution is -2.03. The molecule has 1 heterocycles. The topological polar surface area (TPSA) is 60.4 Å². The Morgan fingerprint density at radius 1 is 1.09 bits per heavy atom. The van der Waals surface area contributed by atoms with E-state index in [2.05, 4.69) is 0 Å². The minimum atomic E-state index is -3.34. The maximum Gasteiger partial charge on any atom is 0.337 e. The van der Waals surface area contributed by atoms with Gasteiger partial charge in [-0.1, -0.05) is 30.3 Å². The summed E-state index contributed by atoms with van der Waals surface area (Å²) < 4.78 is 29.8. The van der Waals surface area contributed by atoms with Gasteiger partial charge in [0.25, 0.3) is 0 Å². The Kier molecular flexibility index (Phi) is 4.19. The number of hydrogen-bond donors (Lipinski definition) is 0. The Hall–Kier alpha value is -2.18. The summed E-state index contributed by atoms with van der Waals surface area (Å²) in [7, 11) is -2.01. The third-order valence-corrected chi connectivity index (χ3v) is 6.66. The highest BCUT2D eigenvalue weighted by Gasteiger charge is 2.16. The van der Waals surface area contributed by atoms with Crippen molar-refractivity contribution in [1.82, 2.24) is 0 Å². The molecule has 2 aromatic carbocycles. The van der Waals surface area contributed by atoms with Gasteiger partial charge in [0.05, 0.1) is 18.4 Å². The number of fused-ring (bicyclic) bond motifs is 1. The largest absolute Gasteiger partial charge is 0.465 e. The van der Waals surface area contributed by atoms with E-state index >= 15 is 0 Å². The van der Waals surface area contributed by atoms with Gasteiger partial charge in [-0.15, -0.1) is 11.3 Å². The van der Waals surface area contributed by atoms with Crippen LogP contribution in [0.3, 0.4) is 0 Å². The van der Waals surface area contributed by atoms with Crippen LogP contribution in [0, 0.1) is 0 Å². The SMILES string of the molecule is COC(=O)c1ccc2ccc(CS(=O)(=O)c3cccs3)cc2c1. The second kappa shape index (κ2) is 6.14. The van der Waals surface area contributed by atoms with Gasteiger partial charge in [-0.3, -0.25) is 0 Å². The molecule has 23 heavy (non-hydrogen) atoms. The van der Waals surface area contributed by atoms with E-state index in [-0.39, 0.29) is 5.75 Å². The van der Waals surface area contributed by atoms with Crippen LogP contribution in [-0.2, 0) is 20.3 Å². The van der Waals surface area contributed by atoms with Gasteiger partial charge in [0.15, 0.2) is 9.84 Å². The zero-order valence-corrected chi connectivity index (χ0v) is 14.0. The Morgan fingerprint density at radius 2 is 1.87 bits per heavy atom. The minimum absolute atomic E-state index is 0.0636. The summed E-state index contributed by atoms with van der Waals surface area (Å²) >= 11 is 1.21. The van der Waals surface area contributed by atoms with Crippen LogP contribution in [0.4, 0.5) is 0 Å². The predicted molar refractivity (Wildman–Crippen MR) is 90.5 cm³/mol. The lowest BCUT2D eigenvalue weighted by atomic mass is 10.0. The summed E-state index contributed by atoms with van der Waals surface area (Å²) in [6, 6.07) is 14.0. The van der Waals surface area contributed by atoms with Crippen LogP contribution >= 0.6 is 11.3 Å². The minimum Gasteiger partial charge on any atom is -0.465 e. The molecule has 0 aliphatic heterocycles. The van der Waals surface area contributed by atoms with Gasteiger partial charge in [-0.05, 0) is 39.9 Å². The second-order valence-corrected chi connectivity index (χ2v) is 8.24. The fourth-order valence-electron chi connectivity index (χ4n) is 2.36. The highest BCUT2D eigenvalue weighted by molar-refractivity contribution is 7.92. The molecule has 0 saturated heterocycles. The third kappa shape index (κ3) is 3.28. The molecule has 0 radical (unpaired) electrons. The molecule has 0 aliphatic rings. The van der Waals surface area contributed by atoms with Gasteiger partial charge in [0.1, 0.15) is 4.21 Å². The molecule has 0 atom stereocenters. The number of carbonyl (C=O) groups excluding carboxylic acids is 1. The Morgan fingerprint density at radius 3 is 2.57 bits per heavy atom. The van der Waals surface area contributed by atoms with E-state index in [1.54, 1.807) is 41.8 Å². The molecule has 0 N–H and O–H groups in total. The summed E-state index contributed by atoms with van der Waals surface area (Å²) in [6.45, 7) is 0. The Bertz CT molecular complexity index is 957. The average molecular weight is 346 g/mol. The zero-order valence-electron chi connectivity index (χ0n) is 12.4. The highest BCUT2D eigenvalue weighted by atomic mass is 32.2. The van der Waals surface area contributed by atoms with Crippen LogP contribution in [0.1, 0.15) is 15.9 Å². The lowest BCUT2D eigenvalue weighted by Gasteiger charge is -2.06. The molecule has 6 heteroatoms. The molecule has 3 aromatic rings. The fourth-order valence-corrected chi connectivity index (χ4v) is 4.79. The Balaban J connectivity index is 1.97. The predicted octanol–water partition coefficient (Wildman–Crippen LogP) is 3.66. The van der Waals surface area contributed by atoms with Gasteiger partial charge >= 0.3 is 5.97 Å². The summed E-state index contributed by atoms with van der Waals surface area (Å²) in [5, 5.41) is 3.50. The molecule has 0 saturated carbocycles. The smallest absolute Gasteiger partial charge is 0.337 e. The second-order valence-electron chi connectivity index (χ2n) is 5.08. The Labute approximate surface area is 138 Å². The van der Waals surface area contributed by atoms with Crippen molar-refractivity contribution < 1.29 is 17.9 Å². The van der Waals surface area contributed by atoms with Gasteiger partial charge in [0, 0.05) is 0 Å². The monoisotopic (exact) mass is 346 g/mol. The van der Waals surface area contributed by atoms with Gasteiger partial charge in [-0.2, -0.15) is 0 Å². The molecule has 0 unspecified atom stereocenters. The number of ether oxygens (including phenoxy) is 1. The number of carbonyl (C=O) groups is 1. The molecule has 0 bridgehead atoms. The maximum absolute atomic E-state index is 12.4. The van der Waals surface area contributed by atoms with Crippen molar-refractivity contribution in [1.29, 1.82) is 0 Å². The number of benzene rings is 2. The molecule has 0 amide bonds. The maximum atomic E-state index is 12.4. The average Bonchev–Trinajstić information content (AvgIpc) is 3.08. The lowest BCUT2D eigenvalue weighted by molar-refractivity contribution is 0.0601. The summed E-state index contributed by atoms with van der Waals surface area (Å²) in [6.07, 6.45) is 0. The van der Waals surface area contributed by atoms with E-state index in [4.69, 9.17) is 4.74 Å². The normalized spacial score (nSPS) is 11.5. The number of esters is 1. The van der Waals surface area contributed by atoms with Crippen LogP contribution in [-0.4, -0.2) is 21.5 Å². The van der Waals surface area contributed by atoms with Crippen LogP contribution < -0.4 is 0 Å². The van der Waals surface area contributed by atoms with Crippen molar-refractivity contribution in [3.63, 3.8) is 0 Å². The standard InChI is InChI=1S/C17H14O4S2/c1-21-17(18)14-7-6-13-5-4-12(9-15(13)10-14)11-23(19,20)16-3-2-8-22-16/h2-10H,11H2,1H3. The van der Waals surface area contributed by atoms with Crippen molar-refractivity contribution in [3.05, 3.63) is 65.0 Å². The van der Waals surface area contributed by atoms with Gasteiger partial charge in [0.2, 0.25) is 0 Å². The first-order chi connectivity index (χ1) is 11.0. The quantitative estimate of drug-likeness (QED) is 0.677. The number of hydrogen-bond acceptors (Lipinski definition) is 5. The molecule has 4 nitrogen and oxygen atoms in total. The van der Waals surface area contributed by atoms with Crippen molar-refractivity contribution in [3.8, 4) is 0 Å². The van der Waals surface area contributed by atoms with E-state index in [0.717, 1.165) is 10.8 Å². The van der Waals surface area contributed by atoms with E-state index < -0.39 is 15.8 Å². The molecule has 0 fully saturated rings. The van der Waals surface area contributed by atoms with Crippen molar-refractivity contribution >= 4 is 37.9 Å². The van der Waals surface area contributed by atoms with Crippen LogP contribution in [0.5, 0.6) is 0 Å². The summed E-state index contributed by atoms with van der Waals surface area (Å²) in [4.78, 5) is 11.6. The zero-order chi connectivity index (χ0) is 16.4. The molecule has 3 rings (SSSR count). The third-order valence-electron chi connectivity index (χ3n) is 3.48. The van der Waals surface area contributed by atoms with E-state index in [0.29, 0.717) is 15.3 Å². The first-order valence-corrected chi connectivity index (χ1v) is 9.40. The number of sulfone groups is 1. The highest BCUT2D eigenvalue weighted by Crippen LogP contribution is 2.24. The van der Waals surface area contributed by atoms with Crippen molar-refractivity contribution in [2.75, 3.05) is 7.11 Å². The van der Waals surface area contributed by atoms with E-state index in [9.17, 15) is 13.2 Å². The summed E-state index contributed by atoms with van der Waals surface area (Å²) in [5.41, 5.74) is 1.13. The molecule has 0 spiro atoms. The van der Waals surface area contributed by atoms with Crippen LogP contribution in [0.15, 0.2) is 58.1 Å². The van der Waals surface area contributed by atoms with Crippen LogP contribution in [0.25, 0.3) is 10.8 Å². The van der Waals surface area contributed by atoms with E-state index in [1.165, 1.54) is 18.4 Å². The molecule has 0 aliphatic carbocycles.